The van der Waals surface area contributed by atoms with Gasteiger partial charge in [-0.25, -0.2) is 0 Å². The number of anilines is 1. The topological polar surface area (TPSA) is 159 Å². The third-order valence-corrected chi connectivity index (χ3v) is 7.40. The number of aliphatic carboxylic acids is 2. The number of carbonyl (C=O) groups excluding carboxylic acids is 1. The third kappa shape index (κ3) is 6.52. The second-order valence-corrected chi connectivity index (χ2v) is 11.5. The minimum absolute atomic E-state index is 0.148. The predicted octanol–water partition coefficient (Wildman–Crippen LogP) is 2.91. The van der Waals surface area contributed by atoms with Crippen LogP contribution < -0.4 is 16.0 Å². The summed E-state index contributed by atoms with van der Waals surface area (Å²) in [6.07, 6.45) is 3.31. The molecular formula is C33H31N3O8. The van der Waals surface area contributed by atoms with Crippen LogP contribution in [0, 0.1) is 0 Å². The molecule has 0 fully saturated rings. The van der Waals surface area contributed by atoms with Crippen LogP contribution in [0.3, 0.4) is 0 Å². The maximum Gasteiger partial charge on any atom is 0.323 e. The number of amides is 1. The molecule has 2 aromatic carbocycles. The Balaban J connectivity index is 1.65. The van der Waals surface area contributed by atoms with Crippen molar-refractivity contribution < 1.29 is 29.7 Å². The highest BCUT2D eigenvalue weighted by atomic mass is 16.4. The molecule has 0 saturated carbocycles. The van der Waals surface area contributed by atoms with E-state index in [9.17, 15) is 39.3 Å². The van der Waals surface area contributed by atoms with Crippen molar-refractivity contribution in [2.45, 2.75) is 51.9 Å². The smallest absolute Gasteiger partial charge is 0.323 e. The van der Waals surface area contributed by atoms with E-state index in [4.69, 9.17) is 0 Å². The molecular weight excluding hydrogens is 566 g/mol. The summed E-state index contributed by atoms with van der Waals surface area (Å²) in [5.41, 5.74) is 2.80. The predicted molar refractivity (Wildman–Crippen MR) is 162 cm³/mol. The lowest BCUT2D eigenvalue weighted by molar-refractivity contribution is -0.138. The highest BCUT2D eigenvalue weighted by Gasteiger charge is 2.30. The summed E-state index contributed by atoms with van der Waals surface area (Å²) in [6.45, 7) is 2.48. The lowest BCUT2D eigenvalue weighted by atomic mass is 9.90. The van der Waals surface area contributed by atoms with Crippen LogP contribution in [-0.2, 0) is 42.1 Å². The van der Waals surface area contributed by atoms with Gasteiger partial charge in [-0.2, -0.15) is 0 Å². The summed E-state index contributed by atoms with van der Waals surface area (Å²) < 4.78 is 2.13. The van der Waals surface area contributed by atoms with Crippen molar-refractivity contribution in [3.05, 3.63) is 122 Å². The number of fused-ring (bicyclic) bond motifs is 1. The number of aliphatic hydroxyl groups is 1. The fourth-order valence-corrected chi connectivity index (χ4v) is 5.52. The van der Waals surface area contributed by atoms with Crippen LogP contribution in [0.15, 0.2) is 82.6 Å². The Hall–Kier alpha value is -5.29. The maximum atomic E-state index is 13.5. The van der Waals surface area contributed by atoms with Crippen molar-refractivity contribution >= 4 is 23.5 Å². The monoisotopic (exact) mass is 597 g/mol. The molecule has 11 nitrogen and oxygen atoms in total. The number of carbonyl (C=O) groups is 3. The molecule has 1 aliphatic heterocycles. The highest BCUT2D eigenvalue weighted by Crippen LogP contribution is 2.34. The Morgan fingerprint density at radius 2 is 1.48 bits per heavy atom. The van der Waals surface area contributed by atoms with Gasteiger partial charge in [-0.1, -0.05) is 36.4 Å². The van der Waals surface area contributed by atoms with Gasteiger partial charge < -0.3 is 29.4 Å². The van der Waals surface area contributed by atoms with Gasteiger partial charge >= 0.3 is 11.9 Å². The van der Waals surface area contributed by atoms with Crippen molar-refractivity contribution in [3.8, 4) is 11.1 Å². The van der Waals surface area contributed by atoms with Gasteiger partial charge in [0.15, 0.2) is 0 Å². The van der Waals surface area contributed by atoms with Crippen molar-refractivity contribution in [3.63, 3.8) is 0 Å². The standard InChI is InChI=1S/C33H31N3O8/c1-33(2,44)14-20-7-8-21(26(11-20)23-9-10-28(37)34(15-23)18-30(39)40)12-24-13-29(38)35(19-31(41)42)17-27(24)36-16-22-5-3-4-6-25(22)32(36)43/h3-11,13,15,17,44H,12,14,16,18-19H2,1-2H3,(H,39,40)(H,41,42). The molecule has 0 radical (unpaired) electrons. The van der Waals surface area contributed by atoms with E-state index < -0.39 is 41.7 Å². The van der Waals surface area contributed by atoms with Crippen molar-refractivity contribution in [2.24, 2.45) is 0 Å². The van der Waals surface area contributed by atoms with Crippen LogP contribution in [0.5, 0.6) is 0 Å². The Morgan fingerprint density at radius 1 is 0.795 bits per heavy atom. The molecule has 1 amide bonds. The number of hydrogen-bond donors (Lipinski definition) is 3. The van der Waals surface area contributed by atoms with Gasteiger partial charge in [-0.05, 0) is 59.4 Å². The van der Waals surface area contributed by atoms with Crippen LogP contribution >= 0.6 is 0 Å². The van der Waals surface area contributed by atoms with Gasteiger partial charge in [-0.15, -0.1) is 0 Å². The molecule has 11 heteroatoms. The average molecular weight is 598 g/mol. The number of pyridine rings is 2. The molecule has 0 saturated heterocycles. The molecule has 0 aliphatic carbocycles. The molecule has 2 aromatic heterocycles. The van der Waals surface area contributed by atoms with Gasteiger partial charge in [0.25, 0.3) is 17.0 Å². The normalized spacial score (nSPS) is 12.8. The van der Waals surface area contributed by atoms with E-state index in [0.717, 1.165) is 20.3 Å². The van der Waals surface area contributed by atoms with Crippen molar-refractivity contribution in [2.75, 3.05) is 4.90 Å². The van der Waals surface area contributed by atoms with E-state index >= 15 is 0 Å². The zero-order chi connectivity index (χ0) is 31.8. The summed E-state index contributed by atoms with van der Waals surface area (Å²) in [7, 11) is 0. The zero-order valence-electron chi connectivity index (χ0n) is 24.2. The average Bonchev–Trinajstić information content (AvgIpc) is 3.27. The number of rotatable bonds is 10. The maximum absolute atomic E-state index is 13.5. The second kappa shape index (κ2) is 11.8. The number of benzene rings is 2. The van der Waals surface area contributed by atoms with E-state index in [1.807, 2.05) is 30.3 Å². The molecule has 0 spiro atoms. The first-order valence-electron chi connectivity index (χ1n) is 13.9. The minimum atomic E-state index is -1.21. The van der Waals surface area contributed by atoms with Crippen LogP contribution in [0.1, 0.15) is 46.5 Å². The van der Waals surface area contributed by atoms with Gasteiger partial charge in [0, 0.05) is 42.9 Å². The van der Waals surface area contributed by atoms with Crippen molar-refractivity contribution in [1.82, 2.24) is 9.13 Å². The largest absolute Gasteiger partial charge is 0.480 e. The molecule has 0 unspecified atom stereocenters. The molecule has 3 heterocycles. The highest BCUT2D eigenvalue weighted by molar-refractivity contribution is 6.10. The van der Waals surface area contributed by atoms with Crippen LogP contribution in [0.2, 0.25) is 0 Å². The van der Waals surface area contributed by atoms with Gasteiger partial charge in [-0.3, -0.25) is 24.0 Å². The summed E-state index contributed by atoms with van der Waals surface area (Å²) in [5, 5.41) is 29.2. The lowest BCUT2D eigenvalue weighted by Crippen LogP contribution is -2.30. The number of carboxylic acid groups (broad SMARTS) is 2. The molecule has 4 aromatic rings. The Kier molecular flexibility index (Phi) is 8.07. The molecule has 0 atom stereocenters. The molecule has 0 bridgehead atoms. The van der Waals surface area contributed by atoms with Gasteiger partial charge in [0.2, 0.25) is 0 Å². The molecule has 3 N–H and O–H groups in total. The van der Waals surface area contributed by atoms with E-state index in [2.05, 4.69) is 0 Å². The summed E-state index contributed by atoms with van der Waals surface area (Å²) in [4.78, 5) is 63.3. The molecule has 226 valence electrons. The first kappa shape index (κ1) is 30.2. The van der Waals surface area contributed by atoms with Crippen molar-refractivity contribution in [1.29, 1.82) is 0 Å². The van der Waals surface area contributed by atoms with E-state index in [1.54, 1.807) is 32.0 Å². The Morgan fingerprint density at radius 3 is 2.14 bits per heavy atom. The SMILES string of the molecule is CC(C)(O)Cc1ccc(Cc2cc(=O)n(CC(=O)O)cc2N2Cc3ccccc3C2=O)c(-c2ccc(=O)n(CC(=O)O)c2)c1. The number of aromatic nitrogens is 2. The van der Waals surface area contributed by atoms with E-state index in [0.29, 0.717) is 39.9 Å². The fourth-order valence-electron chi connectivity index (χ4n) is 5.52. The first-order valence-corrected chi connectivity index (χ1v) is 13.9. The first-order chi connectivity index (χ1) is 20.8. The minimum Gasteiger partial charge on any atom is -0.480 e. The van der Waals surface area contributed by atoms with Gasteiger partial charge in [0.05, 0.1) is 17.8 Å². The summed E-state index contributed by atoms with van der Waals surface area (Å²) in [6, 6.07) is 16.9. The second-order valence-electron chi connectivity index (χ2n) is 11.5. The molecule has 1 aliphatic rings. The van der Waals surface area contributed by atoms with E-state index in [1.165, 1.54) is 29.4 Å². The molecule has 5 rings (SSSR count). The van der Waals surface area contributed by atoms with Gasteiger partial charge in [0.1, 0.15) is 13.1 Å². The quantitative estimate of drug-likeness (QED) is 0.252. The number of hydrogen-bond acceptors (Lipinski definition) is 6. The summed E-state index contributed by atoms with van der Waals surface area (Å²) in [5.74, 6) is -2.66. The summed E-state index contributed by atoms with van der Waals surface area (Å²) >= 11 is 0. The zero-order valence-corrected chi connectivity index (χ0v) is 24.2. The van der Waals surface area contributed by atoms with Crippen LogP contribution in [-0.4, -0.2) is 47.9 Å². The fraction of sp³-hybridized carbons (Fsp3) is 0.242. The number of carboxylic acids is 2. The van der Waals surface area contributed by atoms with Crippen LogP contribution in [0.25, 0.3) is 11.1 Å². The van der Waals surface area contributed by atoms with E-state index in [-0.39, 0.29) is 18.9 Å². The Bertz CT molecular complexity index is 1920. The Labute approximate surface area is 251 Å². The third-order valence-electron chi connectivity index (χ3n) is 7.40. The number of nitrogens with zero attached hydrogens (tertiary/aromatic N) is 3. The molecule has 44 heavy (non-hydrogen) atoms. The lowest BCUT2D eigenvalue weighted by Gasteiger charge is -2.23. The van der Waals surface area contributed by atoms with Crippen LogP contribution in [0.4, 0.5) is 5.69 Å².